The van der Waals surface area contributed by atoms with Gasteiger partial charge in [0, 0.05) is 25.3 Å². The van der Waals surface area contributed by atoms with Gasteiger partial charge >= 0.3 is 0 Å². The van der Waals surface area contributed by atoms with E-state index in [2.05, 4.69) is 20.7 Å². The first-order valence-corrected chi connectivity index (χ1v) is 8.37. The number of anilines is 1. The molecule has 0 aliphatic rings. The van der Waals surface area contributed by atoms with Crippen molar-refractivity contribution in [2.75, 3.05) is 26.1 Å². The molecular formula is C20H21N5O2. The second-order valence-corrected chi connectivity index (χ2v) is 6.08. The van der Waals surface area contributed by atoms with E-state index in [-0.39, 0.29) is 5.91 Å². The molecule has 0 saturated carbocycles. The van der Waals surface area contributed by atoms with Crippen molar-refractivity contribution < 1.29 is 9.53 Å². The molecule has 1 amide bonds. The Bertz CT molecular complexity index is 945. The van der Waals surface area contributed by atoms with Crippen LogP contribution in [0.2, 0.25) is 0 Å². The first kappa shape index (κ1) is 18.2. The summed E-state index contributed by atoms with van der Waals surface area (Å²) in [6.45, 7) is 0. The van der Waals surface area contributed by atoms with Crippen LogP contribution in [0, 0.1) is 0 Å². The minimum Gasteiger partial charge on any atom is -0.497 e. The van der Waals surface area contributed by atoms with Crippen molar-refractivity contribution in [3.8, 4) is 17.0 Å². The summed E-state index contributed by atoms with van der Waals surface area (Å²) in [5.41, 5.74) is 6.32. The Balaban J connectivity index is 1.64. The summed E-state index contributed by atoms with van der Waals surface area (Å²) in [6.07, 6.45) is 1.59. The first-order valence-electron chi connectivity index (χ1n) is 8.37. The summed E-state index contributed by atoms with van der Waals surface area (Å²) >= 11 is 0. The molecule has 0 radical (unpaired) electrons. The Kier molecular flexibility index (Phi) is 5.51. The first-order chi connectivity index (χ1) is 13.1. The van der Waals surface area contributed by atoms with Crippen molar-refractivity contribution in [3.63, 3.8) is 0 Å². The third kappa shape index (κ3) is 4.52. The van der Waals surface area contributed by atoms with Crippen LogP contribution in [0.5, 0.6) is 5.75 Å². The van der Waals surface area contributed by atoms with Crippen molar-refractivity contribution in [1.82, 2.24) is 15.6 Å². The van der Waals surface area contributed by atoms with Crippen LogP contribution < -0.4 is 15.1 Å². The lowest BCUT2D eigenvalue weighted by Crippen LogP contribution is -2.18. The van der Waals surface area contributed by atoms with Crippen LogP contribution >= 0.6 is 0 Å². The highest BCUT2D eigenvalue weighted by Crippen LogP contribution is 2.22. The van der Waals surface area contributed by atoms with E-state index in [0.29, 0.717) is 11.4 Å². The molecule has 0 spiro atoms. The largest absolute Gasteiger partial charge is 0.497 e. The van der Waals surface area contributed by atoms with Crippen LogP contribution in [0.1, 0.15) is 16.1 Å². The van der Waals surface area contributed by atoms with E-state index >= 15 is 0 Å². The zero-order valence-electron chi connectivity index (χ0n) is 15.4. The molecule has 0 unspecified atom stereocenters. The summed E-state index contributed by atoms with van der Waals surface area (Å²) in [5, 5.41) is 10.9. The SMILES string of the molecule is COc1cccc(-c2cc(C(=O)NN=Cc3ccc(N(C)C)cc3)[nH]n2)c1. The third-order valence-corrected chi connectivity index (χ3v) is 3.98. The number of amides is 1. The van der Waals surface area contributed by atoms with Gasteiger partial charge in [-0.15, -0.1) is 0 Å². The topological polar surface area (TPSA) is 82.6 Å². The van der Waals surface area contributed by atoms with E-state index in [1.165, 1.54) is 0 Å². The van der Waals surface area contributed by atoms with Gasteiger partial charge in [0.15, 0.2) is 0 Å². The van der Waals surface area contributed by atoms with E-state index in [4.69, 9.17) is 4.74 Å². The van der Waals surface area contributed by atoms with E-state index in [1.54, 1.807) is 19.4 Å². The summed E-state index contributed by atoms with van der Waals surface area (Å²) in [5.74, 6) is 0.365. The average Bonchev–Trinajstić information content (AvgIpc) is 3.19. The third-order valence-electron chi connectivity index (χ3n) is 3.98. The predicted molar refractivity (Wildman–Crippen MR) is 106 cm³/mol. The number of benzene rings is 2. The Hall–Kier alpha value is -3.61. The van der Waals surface area contributed by atoms with Crippen LogP contribution in [-0.2, 0) is 0 Å². The van der Waals surface area contributed by atoms with Gasteiger partial charge in [0.1, 0.15) is 11.4 Å². The molecule has 7 nitrogen and oxygen atoms in total. The number of rotatable bonds is 6. The molecule has 0 bridgehead atoms. The van der Waals surface area contributed by atoms with Gasteiger partial charge in [-0.05, 0) is 35.9 Å². The lowest BCUT2D eigenvalue weighted by atomic mass is 10.1. The Morgan fingerprint density at radius 1 is 1.19 bits per heavy atom. The number of carbonyl (C=O) groups is 1. The highest BCUT2D eigenvalue weighted by atomic mass is 16.5. The Morgan fingerprint density at radius 2 is 1.96 bits per heavy atom. The summed E-state index contributed by atoms with van der Waals surface area (Å²) in [6, 6.07) is 17.0. The molecule has 0 aliphatic heterocycles. The van der Waals surface area contributed by atoms with E-state index in [9.17, 15) is 4.79 Å². The molecule has 3 aromatic rings. The van der Waals surface area contributed by atoms with Gasteiger partial charge in [0.05, 0.1) is 19.0 Å². The summed E-state index contributed by atoms with van der Waals surface area (Å²) in [4.78, 5) is 14.2. The summed E-state index contributed by atoms with van der Waals surface area (Å²) < 4.78 is 5.21. The van der Waals surface area contributed by atoms with Crippen molar-refractivity contribution in [3.05, 3.63) is 65.9 Å². The minimum absolute atomic E-state index is 0.327. The van der Waals surface area contributed by atoms with Gasteiger partial charge in [-0.25, -0.2) is 5.43 Å². The molecule has 0 aliphatic carbocycles. The van der Waals surface area contributed by atoms with Gasteiger partial charge in [-0.3, -0.25) is 9.89 Å². The van der Waals surface area contributed by atoms with Crippen molar-refractivity contribution in [1.29, 1.82) is 0 Å². The monoisotopic (exact) mass is 363 g/mol. The molecule has 0 fully saturated rings. The molecule has 7 heteroatoms. The van der Waals surface area contributed by atoms with E-state index < -0.39 is 0 Å². The van der Waals surface area contributed by atoms with Crippen LogP contribution in [0.25, 0.3) is 11.3 Å². The number of methoxy groups -OCH3 is 1. The van der Waals surface area contributed by atoms with Crippen LogP contribution in [0.15, 0.2) is 59.7 Å². The number of aromatic amines is 1. The average molecular weight is 363 g/mol. The Morgan fingerprint density at radius 3 is 2.67 bits per heavy atom. The molecular weight excluding hydrogens is 342 g/mol. The quantitative estimate of drug-likeness (QED) is 0.521. The molecule has 27 heavy (non-hydrogen) atoms. The number of hydrogen-bond acceptors (Lipinski definition) is 5. The number of carbonyl (C=O) groups excluding carboxylic acids is 1. The number of hydrazone groups is 1. The lowest BCUT2D eigenvalue weighted by Gasteiger charge is -2.11. The number of H-pyrrole nitrogens is 1. The van der Waals surface area contributed by atoms with Gasteiger partial charge in [-0.1, -0.05) is 24.3 Å². The highest BCUT2D eigenvalue weighted by Gasteiger charge is 2.10. The van der Waals surface area contributed by atoms with E-state index in [1.807, 2.05) is 67.5 Å². The van der Waals surface area contributed by atoms with Crippen LogP contribution in [-0.4, -0.2) is 43.5 Å². The fraction of sp³-hybridized carbons (Fsp3) is 0.150. The Labute approximate surface area is 157 Å². The lowest BCUT2D eigenvalue weighted by molar-refractivity contribution is 0.0950. The normalized spacial score (nSPS) is 10.8. The number of nitrogens with one attached hydrogen (secondary N) is 2. The number of aromatic nitrogens is 2. The fourth-order valence-corrected chi connectivity index (χ4v) is 2.45. The fourth-order valence-electron chi connectivity index (χ4n) is 2.45. The smallest absolute Gasteiger partial charge is 0.289 e. The molecule has 2 aromatic carbocycles. The molecule has 138 valence electrons. The molecule has 0 atom stereocenters. The zero-order valence-corrected chi connectivity index (χ0v) is 15.4. The predicted octanol–water partition coefficient (Wildman–Crippen LogP) is 2.92. The maximum absolute atomic E-state index is 12.2. The number of ether oxygens (including phenoxy) is 1. The van der Waals surface area contributed by atoms with Gasteiger partial charge in [-0.2, -0.15) is 10.2 Å². The molecule has 3 rings (SSSR count). The summed E-state index contributed by atoms with van der Waals surface area (Å²) in [7, 11) is 5.57. The van der Waals surface area contributed by atoms with Gasteiger partial charge < -0.3 is 9.64 Å². The number of nitrogens with zero attached hydrogens (tertiary/aromatic N) is 3. The van der Waals surface area contributed by atoms with E-state index in [0.717, 1.165) is 22.6 Å². The van der Waals surface area contributed by atoms with Crippen LogP contribution in [0.4, 0.5) is 5.69 Å². The van der Waals surface area contributed by atoms with Gasteiger partial charge in [0.2, 0.25) is 0 Å². The highest BCUT2D eigenvalue weighted by molar-refractivity contribution is 5.94. The minimum atomic E-state index is -0.363. The standard InChI is InChI=1S/C20H21N5O2/c1-25(2)16-9-7-14(8-10-16)13-21-24-20(26)19-12-18(22-23-19)15-5-4-6-17(11-15)27-3/h4-13H,1-3H3,(H,22,23)(H,24,26). The molecule has 0 saturated heterocycles. The molecule has 1 heterocycles. The van der Waals surface area contributed by atoms with Crippen LogP contribution in [0.3, 0.4) is 0 Å². The number of hydrogen-bond donors (Lipinski definition) is 2. The zero-order chi connectivity index (χ0) is 19.2. The van der Waals surface area contributed by atoms with Gasteiger partial charge in [0.25, 0.3) is 5.91 Å². The second-order valence-electron chi connectivity index (χ2n) is 6.08. The maximum Gasteiger partial charge on any atom is 0.289 e. The molecule has 1 aromatic heterocycles. The van der Waals surface area contributed by atoms with Crippen molar-refractivity contribution >= 4 is 17.8 Å². The maximum atomic E-state index is 12.2. The molecule has 2 N–H and O–H groups in total. The van der Waals surface area contributed by atoms with Crippen molar-refractivity contribution in [2.45, 2.75) is 0 Å². The van der Waals surface area contributed by atoms with Crippen molar-refractivity contribution in [2.24, 2.45) is 5.10 Å². The second kappa shape index (κ2) is 8.18.